The maximum atomic E-state index is 13.0. The van der Waals surface area contributed by atoms with Crippen molar-refractivity contribution in [1.82, 2.24) is 0 Å². The van der Waals surface area contributed by atoms with Gasteiger partial charge in [0.2, 0.25) is 0 Å². The van der Waals surface area contributed by atoms with Crippen LogP contribution in [0.25, 0.3) is 0 Å². The zero-order valence-corrected chi connectivity index (χ0v) is 64.5. The third-order valence-electron chi connectivity index (χ3n) is 18.3. The van der Waals surface area contributed by atoms with E-state index < -0.39 is 18.4 Å². The average Bonchev–Trinajstić information content (AvgIpc) is 2.39. The average molecular weight is 1360 g/mol. The van der Waals surface area contributed by atoms with Crippen LogP contribution in [0.4, 0.5) is 0 Å². The molecule has 0 aromatic carbocycles. The zero-order chi connectivity index (χ0) is 70.4. The molecule has 0 rings (SSSR count). The highest BCUT2D eigenvalue weighted by Gasteiger charge is 2.25. The Balaban J connectivity index is 3.97. The molecular formula is C88H158NO8+. The molecule has 2 unspecified atom stereocenters. The second-order valence-electron chi connectivity index (χ2n) is 29.1. The lowest BCUT2D eigenvalue weighted by Gasteiger charge is -2.25. The van der Waals surface area contributed by atoms with Gasteiger partial charge >= 0.3 is 17.9 Å². The fraction of sp³-hybridized carbons (Fsp3) is 0.784. The number of ether oxygens (including phenoxy) is 4. The van der Waals surface area contributed by atoms with Gasteiger partial charge in [-0.2, -0.15) is 0 Å². The highest BCUT2D eigenvalue weighted by molar-refractivity contribution is 5.71. The van der Waals surface area contributed by atoms with Gasteiger partial charge in [0.15, 0.2) is 6.10 Å². The first-order valence-electron chi connectivity index (χ1n) is 41.4. The van der Waals surface area contributed by atoms with Crippen molar-refractivity contribution < 1.29 is 42.9 Å². The number of esters is 2. The zero-order valence-electron chi connectivity index (χ0n) is 64.5. The van der Waals surface area contributed by atoms with Crippen molar-refractivity contribution in [2.75, 3.05) is 47.5 Å². The molecule has 0 aliphatic carbocycles. The summed E-state index contributed by atoms with van der Waals surface area (Å²) in [5, 5.41) is 9.78. The van der Waals surface area contributed by atoms with Gasteiger partial charge in [-0.15, -0.1) is 0 Å². The normalized spacial score (nSPS) is 13.1. The summed E-state index contributed by atoms with van der Waals surface area (Å²) < 4.78 is 23.1. The van der Waals surface area contributed by atoms with Gasteiger partial charge in [-0.3, -0.25) is 9.59 Å². The number of carbonyl (C=O) groups excluding carboxylic acids is 2. The molecule has 0 saturated carbocycles. The maximum absolute atomic E-state index is 13.0. The lowest BCUT2D eigenvalue weighted by Crippen LogP contribution is -2.40. The fourth-order valence-electron chi connectivity index (χ4n) is 12.1. The van der Waals surface area contributed by atoms with E-state index >= 15 is 0 Å². The van der Waals surface area contributed by atoms with Crippen LogP contribution in [0.2, 0.25) is 0 Å². The monoisotopic (exact) mass is 1360 g/mol. The number of allylic oxidation sites excluding steroid dienone is 16. The van der Waals surface area contributed by atoms with Crippen LogP contribution in [0.15, 0.2) is 97.2 Å². The number of hydrogen-bond donors (Lipinski definition) is 1. The predicted octanol–water partition coefficient (Wildman–Crippen LogP) is 26.7. The molecule has 9 nitrogen and oxygen atoms in total. The summed E-state index contributed by atoms with van der Waals surface area (Å²) in [7, 11) is 5.99. The molecule has 0 heterocycles. The quantitative estimate of drug-likeness (QED) is 0.0211. The number of likely N-dealkylation sites (N-methyl/N-ethyl adjacent to an activating group) is 1. The Kier molecular flexibility index (Phi) is 74.9. The van der Waals surface area contributed by atoms with Crippen LogP contribution in [0.3, 0.4) is 0 Å². The molecule has 0 bridgehead atoms. The Morgan fingerprint density at radius 3 is 0.876 bits per heavy atom. The fourth-order valence-corrected chi connectivity index (χ4v) is 12.1. The first kappa shape index (κ1) is 93.2. The highest BCUT2D eigenvalue weighted by Crippen LogP contribution is 2.19. The molecular weight excluding hydrogens is 1200 g/mol. The minimum absolute atomic E-state index is 0.179. The van der Waals surface area contributed by atoms with Crippen LogP contribution in [-0.4, -0.2) is 87.4 Å². The van der Waals surface area contributed by atoms with Crippen LogP contribution in [0.1, 0.15) is 386 Å². The van der Waals surface area contributed by atoms with Gasteiger partial charge in [0, 0.05) is 12.8 Å². The Morgan fingerprint density at radius 1 is 0.320 bits per heavy atom. The number of carbonyl (C=O) groups is 3. The van der Waals surface area contributed by atoms with Crippen molar-refractivity contribution in [3.8, 4) is 0 Å². The van der Waals surface area contributed by atoms with Crippen molar-refractivity contribution in [1.29, 1.82) is 0 Å². The molecule has 0 aromatic rings. The Bertz CT molecular complexity index is 1920. The molecule has 0 aliphatic heterocycles. The van der Waals surface area contributed by atoms with E-state index in [4.69, 9.17) is 18.9 Å². The third kappa shape index (κ3) is 79.4. The molecule has 0 fully saturated rings. The van der Waals surface area contributed by atoms with E-state index in [9.17, 15) is 19.5 Å². The molecule has 0 amide bonds. The lowest BCUT2D eigenvalue weighted by molar-refractivity contribution is -0.870. The van der Waals surface area contributed by atoms with Crippen LogP contribution >= 0.6 is 0 Å². The SMILES string of the molecule is CC/C=C\C/C=C\C/C=C\C/C=C\C/C=C\CCCCCCCCCCCCCCCCCCCCCCCCCC(=O)OC(COC(=O)CCCCCCCCCCCCCCCCCCCC/C=C\C/C=C\C/C=C\CCCCCCC)COC(OCC[N+](C)(C)C)C(=O)O. The topological polar surface area (TPSA) is 108 Å². The summed E-state index contributed by atoms with van der Waals surface area (Å²) in [5.41, 5.74) is 0. The Hall–Kier alpha value is -3.79. The van der Waals surface area contributed by atoms with E-state index in [1.165, 1.54) is 276 Å². The molecule has 0 spiro atoms. The van der Waals surface area contributed by atoms with Gasteiger partial charge in [0.05, 0.1) is 34.4 Å². The summed E-state index contributed by atoms with van der Waals surface area (Å²) in [5.74, 6) is -1.98. The number of hydrogen-bond acceptors (Lipinski definition) is 7. The Morgan fingerprint density at radius 2 is 0.588 bits per heavy atom. The molecule has 0 radical (unpaired) electrons. The van der Waals surface area contributed by atoms with Gasteiger partial charge in [-0.1, -0.05) is 374 Å². The number of quaternary nitrogens is 1. The Labute approximate surface area is 601 Å². The number of aliphatic carboxylic acids is 1. The van der Waals surface area contributed by atoms with Gasteiger partial charge < -0.3 is 28.5 Å². The smallest absolute Gasteiger partial charge is 0.361 e. The van der Waals surface area contributed by atoms with Crippen molar-refractivity contribution in [3.63, 3.8) is 0 Å². The number of carboxylic acid groups (broad SMARTS) is 1. The third-order valence-corrected chi connectivity index (χ3v) is 18.3. The number of nitrogens with zero attached hydrogens (tertiary/aromatic N) is 1. The van der Waals surface area contributed by atoms with Crippen LogP contribution < -0.4 is 0 Å². The van der Waals surface area contributed by atoms with Crippen LogP contribution in [0.5, 0.6) is 0 Å². The molecule has 9 heteroatoms. The molecule has 97 heavy (non-hydrogen) atoms. The van der Waals surface area contributed by atoms with Crippen molar-refractivity contribution in [3.05, 3.63) is 97.2 Å². The first-order chi connectivity index (χ1) is 47.6. The largest absolute Gasteiger partial charge is 0.477 e. The van der Waals surface area contributed by atoms with Crippen molar-refractivity contribution >= 4 is 17.9 Å². The number of rotatable bonds is 77. The summed E-state index contributed by atoms with van der Waals surface area (Å²) in [6.07, 6.45) is 106. The summed E-state index contributed by atoms with van der Waals surface area (Å²) in [6, 6.07) is 0. The summed E-state index contributed by atoms with van der Waals surface area (Å²) in [6.45, 7) is 4.81. The van der Waals surface area contributed by atoms with E-state index in [0.717, 1.165) is 83.5 Å². The summed E-state index contributed by atoms with van der Waals surface area (Å²) in [4.78, 5) is 37.8. The number of unbranched alkanes of at least 4 members (excludes halogenated alkanes) is 46. The van der Waals surface area contributed by atoms with E-state index in [1.807, 2.05) is 21.1 Å². The number of carboxylic acids is 1. The van der Waals surface area contributed by atoms with E-state index in [2.05, 4.69) is 111 Å². The molecule has 1 N–H and O–H groups in total. The highest BCUT2D eigenvalue weighted by atomic mass is 16.7. The van der Waals surface area contributed by atoms with E-state index in [-0.39, 0.29) is 38.2 Å². The molecule has 562 valence electrons. The summed E-state index contributed by atoms with van der Waals surface area (Å²) >= 11 is 0. The molecule has 2 atom stereocenters. The van der Waals surface area contributed by atoms with Crippen LogP contribution in [0, 0.1) is 0 Å². The van der Waals surface area contributed by atoms with Crippen molar-refractivity contribution in [2.24, 2.45) is 0 Å². The van der Waals surface area contributed by atoms with Gasteiger partial charge in [-0.25, -0.2) is 4.79 Å². The lowest BCUT2D eigenvalue weighted by atomic mass is 10.0. The van der Waals surface area contributed by atoms with Crippen LogP contribution in [-0.2, 0) is 33.3 Å². The van der Waals surface area contributed by atoms with Gasteiger partial charge in [0.1, 0.15) is 13.2 Å². The standard InChI is InChI=1S/C88H157NO8/c1-6-8-10-12-14-16-18-20-22-24-26-28-30-32-34-36-38-40-41-42-43-44-45-47-49-51-53-55-57-59-61-63-65-67-69-71-73-75-77-79-86(91)97-84(83-96-88(87(92)93)94-81-80-89(3,4)5)82-95-85(90)78-76-74-72-70-68-66-64-62-60-58-56-54-52-50-48-46-39-37-35-33-31-29-27-25-23-21-19-17-15-13-11-9-7-2/h8,10,14,16,19-22,25-28,31-34,84,88H,6-7,9,11-13,15,17-18,23-24,29-30,35-83H2,1-5H3/p+1/b10-8-,16-14-,21-19-,22-20-,27-25-,28-26-,33-31-,34-32-. The van der Waals surface area contributed by atoms with Gasteiger partial charge in [-0.05, 0) is 96.3 Å². The maximum Gasteiger partial charge on any atom is 0.361 e. The second kappa shape index (κ2) is 77.9. The first-order valence-corrected chi connectivity index (χ1v) is 41.4. The second-order valence-corrected chi connectivity index (χ2v) is 29.1. The molecule has 0 saturated heterocycles. The van der Waals surface area contributed by atoms with E-state index in [1.54, 1.807) is 0 Å². The van der Waals surface area contributed by atoms with Crippen molar-refractivity contribution in [2.45, 2.75) is 399 Å². The van der Waals surface area contributed by atoms with Gasteiger partial charge in [0.25, 0.3) is 6.29 Å². The minimum atomic E-state index is -1.51. The molecule has 0 aromatic heterocycles. The molecule has 0 aliphatic rings. The predicted molar refractivity (Wildman–Crippen MR) is 419 cm³/mol. The van der Waals surface area contributed by atoms with E-state index in [0.29, 0.717) is 17.4 Å². The minimum Gasteiger partial charge on any atom is -0.477 e.